The smallest absolute Gasteiger partial charge is 0.138 e. The van der Waals surface area contributed by atoms with Crippen LogP contribution in [-0.2, 0) is 0 Å². The van der Waals surface area contributed by atoms with Crippen LogP contribution in [-0.4, -0.2) is 14.1 Å². The number of rotatable bonds is 4. The Labute approximate surface area is 277 Å². The van der Waals surface area contributed by atoms with Crippen LogP contribution < -0.4 is 0 Å². The van der Waals surface area contributed by atoms with Crippen molar-refractivity contribution in [1.29, 1.82) is 0 Å². The largest absolute Gasteiger partial charge is 0.309 e. The maximum atomic E-state index is 5.33. The molecule has 0 unspecified atom stereocenters. The van der Waals surface area contributed by atoms with Crippen molar-refractivity contribution in [3.8, 4) is 33.8 Å². The summed E-state index contributed by atoms with van der Waals surface area (Å²) in [6, 6.07) is 63.1. The number of benzene rings is 7. The number of hydrogen-bond acceptors (Lipinski definition) is 1. The van der Waals surface area contributed by atoms with Gasteiger partial charge in [-0.25, -0.2) is 4.98 Å². The lowest BCUT2D eigenvalue weighted by atomic mass is 9.99. The van der Waals surface area contributed by atoms with E-state index in [0.29, 0.717) is 0 Å². The van der Waals surface area contributed by atoms with E-state index in [1.807, 2.05) is 0 Å². The number of pyridine rings is 1. The van der Waals surface area contributed by atoms with Crippen LogP contribution >= 0.6 is 0 Å². The molecule has 0 aliphatic heterocycles. The van der Waals surface area contributed by atoms with Crippen LogP contribution in [0.4, 0.5) is 0 Å². The van der Waals surface area contributed by atoms with Crippen molar-refractivity contribution in [1.82, 2.24) is 14.1 Å². The van der Waals surface area contributed by atoms with E-state index >= 15 is 0 Å². The molecular formula is C45H29N3. The van der Waals surface area contributed by atoms with Gasteiger partial charge in [0.2, 0.25) is 0 Å². The highest BCUT2D eigenvalue weighted by molar-refractivity contribution is 6.12. The SMILES string of the molecule is c1ccc(-c2ccc3c4ccccc4n(-c4cc(-c5ccc6c7ccccc7n(-c7ccccc7)c6c5)c5ccccc5n4)c3c2)cc1. The number of para-hydroxylation sites is 4. The third-order valence-electron chi connectivity index (χ3n) is 9.71. The van der Waals surface area contributed by atoms with Crippen molar-refractivity contribution in [3.63, 3.8) is 0 Å². The summed E-state index contributed by atoms with van der Waals surface area (Å²) in [6.45, 7) is 0. The first kappa shape index (κ1) is 26.7. The Hall–Kier alpha value is -6.45. The molecule has 0 N–H and O–H groups in total. The molecule has 3 heterocycles. The van der Waals surface area contributed by atoms with Gasteiger partial charge in [-0.1, -0.05) is 127 Å². The van der Waals surface area contributed by atoms with E-state index in [2.05, 4.69) is 185 Å². The van der Waals surface area contributed by atoms with Gasteiger partial charge in [-0.3, -0.25) is 4.57 Å². The molecule has 3 aromatic heterocycles. The first-order chi connectivity index (χ1) is 23.8. The highest BCUT2D eigenvalue weighted by Gasteiger charge is 2.18. The Morgan fingerprint density at radius 1 is 0.333 bits per heavy atom. The van der Waals surface area contributed by atoms with E-state index in [1.165, 1.54) is 43.7 Å². The van der Waals surface area contributed by atoms with Gasteiger partial charge in [0.15, 0.2) is 0 Å². The zero-order chi connectivity index (χ0) is 31.6. The maximum absolute atomic E-state index is 5.33. The molecule has 0 saturated heterocycles. The molecule has 10 aromatic rings. The van der Waals surface area contributed by atoms with Gasteiger partial charge in [0.05, 0.1) is 27.6 Å². The standard InChI is InChI=1S/C45H29N3/c1-3-13-30(14-4-1)31-23-25-38-36-19-9-12-22-42(36)48(44(38)27-31)45-29-39(34-17-7-10-20-40(34)46-45)32-24-26-37-35-18-8-11-21-41(35)47(43(37)28-32)33-15-5-2-6-16-33/h1-29H. The third-order valence-corrected chi connectivity index (χ3v) is 9.71. The molecule has 3 nitrogen and oxygen atoms in total. The first-order valence-electron chi connectivity index (χ1n) is 16.4. The van der Waals surface area contributed by atoms with Crippen LogP contribution in [0.1, 0.15) is 0 Å². The molecular weight excluding hydrogens is 583 g/mol. The second-order valence-electron chi connectivity index (χ2n) is 12.4. The lowest BCUT2D eigenvalue weighted by Gasteiger charge is -2.14. The summed E-state index contributed by atoms with van der Waals surface area (Å²) in [5, 5.41) is 6.07. The van der Waals surface area contributed by atoms with Crippen molar-refractivity contribution in [2.24, 2.45) is 0 Å². The molecule has 7 aromatic carbocycles. The fourth-order valence-electron chi connectivity index (χ4n) is 7.54. The van der Waals surface area contributed by atoms with Gasteiger partial charge in [0.25, 0.3) is 0 Å². The summed E-state index contributed by atoms with van der Waals surface area (Å²) in [7, 11) is 0. The summed E-state index contributed by atoms with van der Waals surface area (Å²) in [5.74, 6) is 0.906. The van der Waals surface area contributed by atoms with Crippen LogP contribution in [0.15, 0.2) is 176 Å². The van der Waals surface area contributed by atoms with Gasteiger partial charge in [-0.05, 0) is 70.8 Å². The van der Waals surface area contributed by atoms with E-state index in [9.17, 15) is 0 Å². The molecule has 0 saturated carbocycles. The Bertz CT molecular complexity index is 2820. The summed E-state index contributed by atoms with van der Waals surface area (Å²) < 4.78 is 4.73. The van der Waals surface area contributed by atoms with Crippen molar-refractivity contribution in [3.05, 3.63) is 176 Å². The lowest BCUT2D eigenvalue weighted by Crippen LogP contribution is -1.99. The summed E-state index contributed by atoms with van der Waals surface area (Å²) in [4.78, 5) is 5.33. The predicted octanol–water partition coefficient (Wildman–Crippen LogP) is 11.8. The van der Waals surface area contributed by atoms with E-state index in [-0.39, 0.29) is 0 Å². The first-order valence-corrected chi connectivity index (χ1v) is 16.4. The molecule has 0 radical (unpaired) electrons. The minimum atomic E-state index is 0.906. The summed E-state index contributed by atoms with van der Waals surface area (Å²) >= 11 is 0. The monoisotopic (exact) mass is 611 g/mol. The van der Waals surface area contributed by atoms with Crippen LogP contribution in [0.2, 0.25) is 0 Å². The normalized spacial score (nSPS) is 11.8. The van der Waals surface area contributed by atoms with E-state index in [4.69, 9.17) is 4.98 Å². The molecule has 0 aliphatic carbocycles. The van der Waals surface area contributed by atoms with E-state index in [1.54, 1.807) is 0 Å². The minimum absolute atomic E-state index is 0.906. The van der Waals surface area contributed by atoms with Gasteiger partial charge < -0.3 is 4.57 Å². The molecule has 0 bridgehead atoms. The van der Waals surface area contributed by atoms with Crippen molar-refractivity contribution in [2.75, 3.05) is 0 Å². The van der Waals surface area contributed by atoms with Gasteiger partial charge >= 0.3 is 0 Å². The Morgan fingerprint density at radius 3 is 1.58 bits per heavy atom. The molecule has 0 spiro atoms. The quantitative estimate of drug-likeness (QED) is 0.194. The molecule has 0 atom stereocenters. The average Bonchev–Trinajstić information content (AvgIpc) is 3.67. The highest BCUT2D eigenvalue weighted by atomic mass is 15.1. The average molecular weight is 612 g/mol. The van der Waals surface area contributed by atoms with Crippen LogP contribution in [0.5, 0.6) is 0 Å². The molecule has 10 rings (SSSR count). The van der Waals surface area contributed by atoms with E-state index in [0.717, 1.165) is 44.6 Å². The minimum Gasteiger partial charge on any atom is -0.309 e. The fraction of sp³-hybridized carbons (Fsp3) is 0. The van der Waals surface area contributed by atoms with Crippen molar-refractivity contribution >= 4 is 54.5 Å². The summed E-state index contributed by atoms with van der Waals surface area (Å²) in [6.07, 6.45) is 0. The van der Waals surface area contributed by atoms with Gasteiger partial charge in [0.1, 0.15) is 5.82 Å². The van der Waals surface area contributed by atoms with Crippen LogP contribution in [0.25, 0.3) is 88.3 Å². The van der Waals surface area contributed by atoms with Crippen molar-refractivity contribution < 1.29 is 0 Å². The Balaban J connectivity index is 1.26. The van der Waals surface area contributed by atoms with Crippen molar-refractivity contribution in [2.45, 2.75) is 0 Å². The highest BCUT2D eigenvalue weighted by Crippen LogP contribution is 2.39. The Kier molecular flexibility index (Phi) is 5.87. The second kappa shape index (κ2) is 10.5. The topological polar surface area (TPSA) is 22.8 Å². The lowest BCUT2D eigenvalue weighted by molar-refractivity contribution is 1.10. The molecule has 48 heavy (non-hydrogen) atoms. The molecule has 3 heteroatoms. The second-order valence-corrected chi connectivity index (χ2v) is 12.4. The molecule has 0 aliphatic rings. The van der Waals surface area contributed by atoms with Crippen LogP contribution in [0.3, 0.4) is 0 Å². The third kappa shape index (κ3) is 4.04. The molecule has 224 valence electrons. The van der Waals surface area contributed by atoms with Crippen LogP contribution in [0, 0.1) is 0 Å². The molecule has 0 amide bonds. The van der Waals surface area contributed by atoms with E-state index < -0.39 is 0 Å². The summed E-state index contributed by atoms with van der Waals surface area (Å²) in [5.41, 5.74) is 11.5. The Morgan fingerprint density at radius 2 is 0.854 bits per heavy atom. The number of aromatic nitrogens is 3. The number of hydrogen-bond donors (Lipinski definition) is 0. The molecule has 0 fully saturated rings. The zero-order valence-corrected chi connectivity index (χ0v) is 26.1. The predicted molar refractivity (Wildman–Crippen MR) is 201 cm³/mol. The van der Waals surface area contributed by atoms with Gasteiger partial charge in [-0.2, -0.15) is 0 Å². The zero-order valence-electron chi connectivity index (χ0n) is 26.1. The van der Waals surface area contributed by atoms with Gasteiger partial charge in [-0.15, -0.1) is 0 Å². The number of fused-ring (bicyclic) bond motifs is 7. The number of nitrogens with zero attached hydrogens (tertiary/aromatic N) is 3. The fourth-order valence-corrected chi connectivity index (χ4v) is 7.54. The maximum Gasteiger partial charge on any atom is 0.138 e. The van der Waals surface area contributed by atoms with Gasteiger partial charge in [0, 0.05) is 32.6 Å².